The van der Waals surface area contributed by atoms with Gasteiger partial charge in [0.1, 0.15) is 6.61 Å². The van der Waals surface area contributed by atoms with Crippen LogP contribution in [0.15, 0.2) is 53.4 Å². The second-order valence-corrected chi connectivity index (χ2v) is 6.92. The summed E-state index contributed by atoms with van der Waals surface area (Å²) in [6, 6.07) is 13.3. The zero-order valence-electron chi connectivity index (χ0n) is 12.5. The first-order valence-electron chi connectivity index (χ1n) is 7.09. The molecule has 6 nitrogen and oxygen atoms in total. The second kappa shape index (κ2) is 5.92. The molecule has 1 amide bonds. The molecule has 23 heavy (non-hydrogen) atoms. The molecule has 0 unspecified atom stereocenters. The van der Waals surface area contributed by atoms with Crippen LogP contribution in [0.4, 0.5) is 16.2 Å². The van der Waals surface area contributed by atoms with Crippen molar-refractivity contribution in [3.63, 3.8) is 0 Å². The van der Waals surface area contributed by atoms with Gasteiger partial charge in [0.05, 0.1) is 17.1 Å². The molecule has 1 heterocycles. The Hall–Kier alpha value is -2.54. The summed E-state index contributed by atoms with van der Waals surface area (Å²) in [5.74, 6) is 0. The van der Waals surface area contributed by atoms with Crippen molar-refractivity contribution >= 4 is 27.5 Å². The van der Waals surface area contributed by atoms with Crippen molar-refractivity contribution in [1.82, 2.24) is 0 Å². The van der Waals surface area contributed by atoms with E-state index < -0.39 is 16.1 Å². The highest BCUT2D eigenvalue weighted by atomic mass is 32.2. The van der Waals surface area contributed by atoms with Crippen LogP contribution in [-0.2, 0) is 14.8 Å². The summed E-state index contributed by atoms with van der Waals surface area (Å²) < 4.78 is 32.3. The highest BCUT2D eigenvalue weighted by molar-refractivity contribution is 7.92. The van der Waals surface area contributed by atoms with Gasteiger partial charge in [-0.05, 0) is 42.8 Å². The topological polar surface area (TPSA) is 75.7 Å². The van der Waals surface area contributed by atoms with E-state index in [1.807, 2.05) is 13.0 Å². The van der Waals surface area contributed by atoms with Crippen LogP contribution in [0.1, 0.15) is 5.56 Å². The molecule has 2 aromatic rings. The lowest BCUT2D eigenvalue weighted by atomic mass is 10.2. The van der Waals surface area contributed by atoms with E-state index in [1.54, 1.807) is 36.4 Å². The van der Waals surface area contributed by atoms with Gasteiger partial charge < -0.3 is 4.74 Å². The number of anilines is 2. The van der Waals surface area contributed by atoms with Crippen molar-refractivity contribution in [2.45, 2.75) is 11.8 Å². The minimum absolute atomic E-state index is 0.198. The van der Waals surface area contributed by atoms with Crippen molar-refractivity contribution in [2.24, 2.45) is 0 Å². The van der Waals surface area contributed by atoms with Gasteiger partial charge in [-0.1, -0.05) is 18.2 Å². The fourth-order valence-corrected chi connectivity index (χ4v) is 3.52. The number of carbonyl (C=O) groups excluding carboxylic acids is 1. The van der Waals surface area contributed by atoms with E-state index in [0.29, 0.717) is 24.5 Å². The molecule has 0 aliphatic carbocycles. The van der Waals surface area contributed by atoms with Crippen molar-refractivity contribution in [1.29, 1.82) is 0 Å². The Morgan fingerprint density at radius 3 is 2.61 bits per heavy atom. The number of benzene rings is 2. The number of carbonyl (C=O) groups is 1. The lowest BCUT2D eigenvalue weighted by molar-refractivity contribution is 0.181. The van der Waals surface area contributed by atoms with Gasteiger partial charge in [-0.2, -0.15) is 0 Å². The first-order chi connectivity index (χ1) is 11.0. The Kier molecular flexibility index (Phi) is 3.96. The van der Waals surface area contributed by atoms with Gasteiger partial charge in [-0.15, -0.1) is 0 Å². The van der Waals surface area contributed by atoms with E-state index in [2.05, 4.69) is 4.72 Å². The standard InChI is InChI=1S/C16H16N2O4S/c1-12-4-2-7-15(10-12)23(20,21)17-13-5-3-6-14(11-13)18-8-9-22-16(18)19/h2-7,10-11,17H,8-9H2,1H3. The molecule has 7 heteroatoms. The second-order valence-electron chi connectivity index (χ2n) is 5.24. The number of aryl methyl sites for hydroxylation is 1. The van der Waals surface area contributed by atoms with Crippen LogP contribution < -0.4 is 9.62 Å². The molecule has 1 fully saturated rings. The highest BCUT2D eigenvalue weighted by Gasteiger charge is 2.24. The fraction of sp³-hybridized carbons (Fsp3) is 0.188. The predicted octanol–water partition coefficient (Wildman–Crippen LogP) is 2.75. The number of hydrogen-bond acceptors (Lipinski definition) is 4. The minimum atomic E-state index is -3.67. The molecular formula is C16H16N2O4S. The Balaban J connectivity index is 1.87. The van der Waals surface area contributed by atoms with Crippen LogP contribution in [0, 0.1) is 6.92 Å². The molecule has 0 saturated carbocycles. The molecule has 0 radical (unpaired) electrons. The van der Waals surface area contributed by atoms with Crippen molar-refractivity contribution < 1.29 is 17.9 Å². The molecule has 1 aliphatic rings. The van der Waals surface area contributed by atoms with Gasteiger partial charge in [0, 0.05) is 5.69 Å². The van der Waals surface area contributed by atoms with E-state index >= 15 is 0 Å². The summed E-state index contributed by atoms with van der Waals surface area (Å²) in [6.45, 7) is 2.61. The van der Waals surface area contributed by atoms with Crippen molar-refractivity contribution in [3.05, 3.63) is 54.1 Å². The van der Waals surface area contributed by atoms with E-state index in [0.717, 1.165) is 5.56 Å². The molecule has 1 aliphatic heterocycles. The summed E-state index contributed by atoms with van der Waals surface area (Å²) in [7, 11) is -3.67. The number of cyclic esters (lactones) is 1. The maximum Gasteiger partial charge on any atom is 0.414 e. The summed E-state index contributed by atoms with van der Waals surface area (Å²) >= 11 is 0. The summed E-state index contributed by atoms with van der Waals surface area (Å²) in [4.78, 5) is 13.3. The maximum atomic E-state index is 12.4. The number of rotatable bonds is 4. The predicted molar refractivity (Wildman–Crippen MR) is 87.1 cm³/mol. The molecule has 0 bridgehead atoms. The number of hydrogen-bond donors (Lipinski definition) is 1. The van der Waals surface area contributed by atoms with E-state index in [-0.39, 0.29) is 4.90 Å². The van der Waals surface area contributed by atoms with Gasteiger partial charge in [-0.3, -0.25) is 9.62 Å². The third-order valence-corrected chi connectivity index (χ3v) is 4.85. The van der Waals surface area contributed by atoms with Crippen LogP contribution in [0.5, 0.6) is 0 Å². The molecule has 120 valence electrons. The normalized spacial score (nSPS) is 14.7. The van der Waals surface area contributed by atoms with E-state index in [4.69, 9.17) is 4.74 Å². The quantitative estimate of drug-likeness (QED) is 0.934. The maximum absolute atomic E-state index is 12.4. The zero-order valence-corrected chi connectivity index (χ0v) is 13.3. The first kappa shape index (κ1) is 15.4. The average molecular weight is 332 g/mol. The molecular weight excluding hydrogens is 316 g/mol. The monoisotopic (exact) mass is 332 g/mol. The molecule has 0 atom stereocenters. The number of sulfonamides is 1. The van der Waals surface area contributed by atoms with Crippen LogP contribution in [-0.4, -0.2) is 27.7 Å². The van der Waals surface area contributed by atoms with Crippen LogP contribution >= 0.6 is 0 Å². The van der Waals surface area contributed by atoms with Gasteiger partial charge in [0.25, 0.3) is 10.0 Å². The molecule has 2 aromatic carbocycles. The number of ether oxygens (including phenoxy) is 1. The Morgan fingerprint density at radius 2 is 1.91 bits per heavy atom. The summed E-state index contributed by atoms with van der Waals surface area (Å²) in [5, 5.41) is 0. The van der Waals surface area contributed by atoms with Gasteiger partial charge in [0.15, 0.2) is 0 Å². The van der Waals surface area contributed by atoms with E-state index in [1.165, 1.54) is 11.0 Å². The Morgan fingerprint density at radius 1 is 1.13 bits per heavy atom. The van der Waals surface area contributed by atoms with Crippen LogP contribution in [0.3, 0.4) is 0 Å². The molecule has 1 saturated heterocycles. The Bertz CT molecular complexity index is 849. The third-order valence-electron chi connectivity index (χ3n) is 3.47. The summed E-state index contributed by atoms with van der Waals surface area (Å²) in [6.07, 6.45) is -0.427. The lowest BCUT2D eigenvalue weighted by Crippen LogP contribution is -2.23. The van der Waals surface area contributed by atoms with Crippen LogP contribution in [0.2, 0.25) is 0 Å². The highest BCUT2D eigenvalue weighted by Crippen LogP contribution is 2.24. The molecule has 3 rings (SSSR count). The Labute approximate surface area is 134 Å². The van der Waals surface area contributed by atoms with Crippen LogP contribution in [0.25, 0.3) is 0 Å². The lowest BCUT2D eigenvalue weighted by Gasteiger charge is -2.15. The summed E-state index contributed by atoms with van der Waals surface area (Å²) in [5.41, 5.74) is 1.85. The SMILES string of the molecule is Cc1cccc(S(=O)(=O)Nc2cccc(N3CCOC3=O)c2)c1. The number of amides is 1. The minimum Gasteiger partial charge on any atom is -0.447 e. The van der Waals surface area contributed by atoms with Crippen molar-refractivity contribution in [3.8, 4) is 0 Å². The van der Waals surface area contributed by atoms with E-state index in [9.17, 15) is 13.2 Å². The van der Waals surface area contributed by atoms with Crippen molar-refractivity contribution in [2.75, 3.05) is 22.8 Å². The van der Waals surface area contributed by atoms with Gasteiger partial charge in [-0.25, -0.2) is 13.2 Å². The third kappa shape index (κ3) is 3.29. The zero-order chi connectivity index (χ0) is 16.4. The first-order valence-corrected chi connectivity index (χ1v) is 8.58. The molecule has 0 spiro atoms. The average Bonchev–Trinajstić information content (AvgIpc) is 2.93. The van der Waals surface area contributed by atoms with Gasteiger partial charge >= 0.3 is 6.09 Å². The number of nitrogens with one attached hydrogen (secondary N) is 1. The smallest absolute Gasteiger partial charge is 0.414 e. The largest absolute Gasteiger partial charge is 0.447 e. The van der Waals surface area contributed by atoms with Gasteiger partial charge in [0.2, 0.25) is 0 Å². The molecule has 1 N–H and O–H groups in total. The molecule has 0 aromatic heterocycles. The fourth-order valence-electron chi connectivity index (χ4n) is 2.36. The number of nitrogens with zero attached hydrogens (tertiary/aromatic N) is 1.